The number of Topliss-reactive ketones (excluding diaryl/α,β-unsaturated/α-hetero) is 1. The number of hydrogen-bond acceptors (Lipinski definition) is 5. The van der Waals surface area contributed by atoms with Gasteiger partial charge in [0.05, 0.1) is 11.3 Å². The average molecular weight is 624 g/mol. The molecule has 1 aromatic heterocycles. The SMILES string of the molecule is CC(=O)c1cc2cc(C(=O)N3C[C@@H](CCl)c4c3cc(O)c3cccc(C)c43)[nH]c2cc1OCCN(C)C.[CH3-].[Y]. The molecule has 39 heavy (non-hydrogen) atoms. The number of ketones is 1. The summed E-state index contributed by atoms with van der Waals surface area (Å²) in [6.07, 6.45) is 0. The number of amides is 1. The number of aryl methyl sites for hydroxylation is 1. The quantitative estimate of drug-likeness (QED) is 0.152. The normalized spacial score (nSPS) is 14.3. The molecule has 1 atom stereocenters. The molecule has 0 spiro atoms. The molecule has 1 amide bonds. The summed E-state index contributed by atoms with van der Waals surface area (Å²) in [7, 11) is 3.91. The molecular weight excluding hydrogens is 591 g/mol. The number of anilines is 1. The fraction of sp³-hybridized carbons (Fsp3) is 0.300. The van der Waals surface area contributed by atoms with E-state index in [-0.39, 0.29) is 63.5 Å². The number of phenols is 1. The Morgan fingerprint density at radius 2 is 1.95 bits per heavy atom. The first-order valence-corrected chi connectivity index (χ1v) is 12.8. The van der Waals surface area contributed by atoms with Crippen LogP contribution in [0.1, 0.15) is 44.8 Å². The van der Waals surface area contributed by atoms with Crippen LogP contribution < -0.4 is 9.64 Å². The van der Waals surface area contributed by atoms with E-state index in [1.165, 1.54) is 6.92 Å². The first kappa shape index (κ1) is 31.1. The third-order valence-corrected chi connectivity index (χ3v) is 7.40. The first-order valence-electron chi connectivity index (χ1n) is 12.3. The zero-order chi connectivity index (χ0) is 26.4. The molecule has 1 aliphatic rings. The summed E-state index contributed by atoms with van der Waals surface area (Å²) in [5, 5.41) is 13.2. The number of benzene rings is 3. The number of fused-ring (bicyclic) bond motifs is 4. The number of carbonyl (C=O) groups is 2. The van der Waals surface area contributed by atoms with Crippen molar-refractivity contribution >= 4 is 50.7 Å². The third-order valence-electron chi connectivity index (χ3n) is 7.03. The van der Waals surface area contributed by atoms with Gasteiger partial charge in [0.15, 0.2) is 5.78 Å². The Labute approximate surface area is 259 Å². The minimum Gasteiger partial charge on any atom is -0.507 e. The molecule has 1 aliphatic heterocycles. The maximum absolute atomic E-state index is 13.8. The second-order valence-corrected chi connectivity index (χ2v) is 10.2. The van der Waals surface area contributed by atoms with Gasteiger partial charge in [-0.15, -0.1) is 11.6 Å². The number of phenolic OH excluding ortho intramolecular Hbond substituents is 1. The number of carbonyl (C=O) groups excluding carboxylic acids is 2. The van der Waals surface area contributed by atoms with Gasteiger partial charge in [-0.3, -0.25) is 9.59 Å². The Bertz CT molecular complexity index is 1550. The Morgan fingerprint density at radius 3 is 2.62 bits per heavy atom. The Balaban J connectivity index is 0.00000210. The molecule has 2 N–H and O–H groups in total. The summed E-state index contributed by atoms with van der Waals surface area (Å²) in [6, 6.07) is 12.8. The van der Waals surface area contributed by atoms with Crippen molar-refractivity contribution in [2.45, 2.75) is 19.8 Å². The molecule has 7 nitrogen and oxygen atoms in total. The number of ether oxygens (including phenoxy) is 1. The zero-order valence-corrected chi connectivity index (χ0v) is 26.6. The van der Waals surface area contributed by atoms with Crippen LogP contribution in [0.3, 0.4) is 0 Å². The molecule has 0 saturated carbocycles. The summed E-state index contributed by atoms with van der Waals surface area (Å²) < 4.78 is 5.91. The minimum absolute atomic E-state index is 0. The molecule has 203 valence electrons. The molecule has 4 aromatic rings. The van der Waals surface area contributed by atoms with E-state index < -0.39 is 0 Å². The van der Waals surface area contributed by atoms with Gasteiger partial charge in [-0.05, 0) is 56.6 Å². The van der Waals surface area contributed by atoms with Crippen LogP contribution in [-0.4, -0.2) is 66.4 Å². The number of likely N-dealkylation sites (N-methyl/N-ethyl adjacent to an activating group) is 1. The van der Waals surface area contributed by atoms with E-state index >= 15 is 0 Å². The van der Waals surface area contributed by atoms with Crippen LogP contribution in [0.4, 0.5) is 5.69 Å². The van der Waals surface area contributed by atoms with Crippen LogP contribution in [0.5, 0.6) is 11.5 Å². The number of H-pyrrole nitrogens is 1. The molecule has 0 unspecified atom stereocenters. The van der Waals surface area contributed by atoms with Gasteiger partial charge in [-0.25, -0.2) is 0 Å². The molecule has 0 aliphatic carbocycles. The number of aromatic amines is 1. The second kappa shape index (κ2) is 12.4. The van der Waals surface area contributed by atoms with E-state index in [1.54, 1.807) is 29.2 Å². The summed E-state index contributed by atoms with van der Waals surface area (Å²) in [5.41, 5.74) is 4.26. The van der Waals surface area contributed by atoms with E-state index in [1.807, 2.05) is 44.1 Å². The predicted octanol–water partition coefficient (Wildman–Crippen LogP) is 5.91. The Kier molecular flexibility index (Phi) is 9.87. The number of aromatic hydroxyl groups is 1. The fourth-order valence-corrected chi connectivity index (χ4v) is 5.42. The smallest absolute Gasteiger partial charge is 0.274 e. The van der Waals surface area contributed by atoms with Crippen molar-refractivity contribution in [3.8, 4) is 11.5 Å². The first-order chi connectivity index (χ1) is 17.7. The van der Waals surface area contributed by atoms with Crippen molar-refractivity contribution in [3.05, 3.63) is 72.3 Å². The van der Waals surface area contributed by atoms with Gasteiger partial charge in [0.2, 0.25) is 0 Å². The largest absolute Gasteiger partial charge is 0.507 e. The van der Waals surface area contributed by atoms with Crippen LogP contribution in [0, 0.1) is 14.4 Å². The van der Waals surface area contributed by atoms with Gasteiger partial charge in [-0.2, -0.15) is 0 Å². The molecule has 0 saturated heterocycles. The van der Waals surface area contributed by atoms with Crippen LogP contribution in [0.25, 0.3) is 21.7 Å². The number of nitrogens with one attached hydrogen (secondary N) is 1. The van der Waals surface area contributed by atoms with Crippen molar-refractivity contribution < 1.29 is 52.1 Å². The Hall–Kier alpha value is -2.45. The van der Waals surface area contributed by atoms with Crippen molar-refractivity contribution in [3.63, 3.8) is 0 Å². The van der Waals surface area contributed by atoms with Gasteiger partial charge in [0.1, 0.15) is 23.8 Å². The number of nitrogens with zero attached hydrogens (tertiary/aromatic N) is 2. The summed E-state index contributed by atoms with van der Waals surface area (Å²) in [6.45, 7) is 5.07. The van der Waals surface area contributed by atoms with Crippen molar-refractivity contribution in [1.29, 1.82) is 0 Å². The number of halogens is 1. The van der Waals surface area contributed by atoms with Crippen molar-refractivity contribution in [2.24, 2.45) is 0 Å². The third kappa shape index (κ3) is 5.73. The minimum atomic E-state index is -0.225. The van der Waals surface area contributed by atoms with Crippen molar-refractivity contribution in [1.82, 2.24) is 9.88 Å². The zero-order valence-electron chi connectivity index (χ0n) is 23.0. The number of aromatic nitrogens is 1. The van der Waals surface area contributed by atoms with Gasteiger partial charge in [0.25, 0.3) is 5.91 Å². The van der Waals surface area contributed by atoms with Gasteiger partial charge >= 0.3 is 0 Å². The Morgan fingerprint density at radius 1 is 1.21 bits per heavy atom. The van der Waals surface area contributed by atoms with Gasteiger partial charge in [0, 0.05) is 86.0 Å². The van der Waals surface area contributed by atoms with E-state index in [0.29, 0.717) is 53.8 Å². The topological polar surface area (TPSA) is 85.9 Å². The predicted molar refractivity (Wildman–Crippen MR) is 154 cm³/mol. The molecule has 9 heteroatoms. The van der Waals surface area contributed by atoms with Crippen LogP contribution >= 0.6 is 11.6 Å². The number of hydrogen-bond donors (Lipinski definition) is 2. The molecular formula is C30H33ClN3O4Y-. The van der Waals surface area contributed by atoms with Crippen molar-refractivity contribution in [2.75, 3.05) is 44.6 Å². The second-order valence-electron chi connectivity index (χ2n) is 9.92. The van der Waals surface area contributed by atoms with Crippen LogP contribution in [0.2, 0.25) is 0 Å². The van der Waals surface area contributed by atoms with Gasteiger partial charge < -0.3 is 32.1 Å². The van der Waals surface area contributed by atoms with E-state index in [9.17, 15) is 14.7 Å². The monoisotopic (exact) mass is 623 g/mol. The average Bonchev–Trinajstić information content (AvgIpc) is 3.44. The molecule has 0 fully saturated rings. The maximum Gasteiger partial charge on any atom is 0.274 e. The molecule has 5 rings (SSSR count). The van der Waals surface area contributed by atoms with Crippen LogP contribution in [-0.2, 0) is 32.7 Å². The van der Waals surface area contributed by atoms with E-state index in [2.05, 4.69) is 4.98 Å². The summed E-state index contributed by atoms with van der Waals surface area (Å²) in [5.74, 6) is 0.586. The number of rotatable bonds is 7. The molecule has 0 bridgehead atoms. The summed E-state index contributed by atoms with van der Waals surface area (Å²) >= 11 is 6.38. The maximum atomic E-state index is 13.8. The standard InChI is InChI=1S/C29H30ClN3O4.CH3.Y/c1-16-6-5-7-20-25(35)13-24-28(27(16)20)19(14-30)15-33(24)29(36)23-11-18-10-21(17(2)34)26(12-22(18)31-23)37-9-8-32(3)4;;/h5-7,10-13,19,31,35H,8-9,14-15H2,1-4H3;1H3;/q;-1;/t19-;;/m1../s1. The molecule has 2 heterocycles. The van der Waals surface area contributed by atoms with Crippen LogP contribution in [0.15, 0.2) is 42.5 Å². The van der Waals surface area contributed by atoms with E-state index in [4.69, 9.17) is 16.3 Å². The fourth-order valence-electron chi connectivity index (χ4n) is 5.17. The van der Waals surface area contributed by atoms with Gasteiger partial charge in [-0.1, -0.05) is 18.2 Å². The molecule has 3 aromatic carbocycles. The number of alkyl halides is 1. The molecule has 1 radical (unpaired) electrons. The van der Waals surface area contributed by atoms with E-state index in [0.717, 1.165) is 27.3 Å². The summed E-state index contributed by atoms with van der Waals surface area (Å²) in [4.78, 5) is 33.0.